The van der Waals surface area contributed by atoms with E-state index in [0.717, 1.165) is 16.8 Å². The van der Waals surface area contributed by atoms with Gasteiger partial charge in [0.1, 0.15) is 12.4 Å². The first-order chi connectivity index (χ1) is 13.4. The van der Waals surface area contributed by atoms with Gasteiger partial charge >= 0.3 is 5.97 Å². The Morgan fingerprint density at radius 3 is 2.36 bits per heavy atom. The van der Waals surface area contributed by atoms with Crippen LogP contribution < -0.4 is 4.90 Å². The third-order valence-corrected chi connectivity index (χ3v) is 5.04. The van der Waals surface area contributed by atoms with Crippen LogP contribution in [0.25, 0.3) is 0 Å². The molecule has 0 bridgehead atoms. The average Bonchev–Trinajstić information content (AvgIpc) is 3.11. The second-order valence-corrected chi connectivity index (χ2v) is 7.18. The van der Waals surface area contributed by atoms with Gasteiger partial charge in [-0.3, -0.25) is 9.69 Å². The van der Waals surface area contributed by atoms with Gasteiger partial charge in [-0.1, -0.05) is 18.2 Å². The molecule has 0 radical (unpaired) electrons. The van der Waals surface area contributed by atoms with Crippen molar-refractivity contribution in [1.29, 1.82) is 0 Å². The number of benzene rings is 2. The van der Waals surface area contributed by atoms with Crippen LogP contribution in [-0.4, -0.2) is 22.0 Å². The lowest BCUT2D eigenvalue weighted by Gasteiger charge is -2.22. The molecule has 3 rings (SSSR count). The Labute approximate surface area is 167 Å². The second kappa shape index (κ2) is 8.22. The zero-order valence-electron chi connectivity index (χ0n) is 15.8. The highest BCUT2D eigenvalue weighted by atomic mass is 32.1. The van der Waals surface area contributed by atoms with Gasteiger partial charge in [0.25, 0.3) is 0 Å². The fourth-order valence-electron chi connectivity index (χ4n) is 2.83. The highest BCUT2D eigenvalue weighted by Crippen LogP contribution is 2.33. The molecular formula is C21H20N2O4S. The summed E-state index contributed by atoms with van der Waals surface area (Å²) in [6, 6.07) is 11.7. The molecular weight excluding hydrogens is 376 g/mol. The lowest BCUT2D eigenvalue weighted by molar-refractivity contribution is -0.115. The van der Waals surface area contributed by atoms with Gasteiger partial charge in [-0.2, -0.15) is 0 Å². The maximum absolute atomic E-state index is 12.3. The molecule has 1 N–H and O–H groups in total. The Morgan fingerprint density at radius 2 is 1.75 bits per heavy atom. The molecule has 144 valence electrons. The zero-order chi connectivity index (χ0) is 20.3. The molecule has 0 fully saturated rings. The molecule has 2 aromatic carbocycles. The number of phenols is 1. The normalized spacial score (nSPS) is 10.5. The van der Waals surface area contributed by atoms with Gasteiger partial charge in [0.2, 0.25) is 5.91 Å². The number of ether oxygens (including phenoxy) is 1. The maximum Gasteiger partial charge on any atom is 0.338 e. The first-order valence-corrected chi connectivity index (χ1v) is 9.52. The molecule has 0 aliphatic rings. The van der Waals surface area contributed by atoms with Crippen LogP contribution in [-0.2, 0) is 16.1 Å². The summed E-state index contributed by atoms with van der Waals surface area (Å²) in [4.78, 5) is 30.5. The SMILES string of the molecule is CC(=O)N(c1nc(COC(=O)c2ccc(O)cc2)cs1)c1c(C)cccc1C. The first-order valence-electron chi connectivity index (χ1n) is 8.64. The van der Waals surface area contributed by atoms with E-state index >= 15 is 0 Å². The van der Waals surface area contributed by atoms with Gasteiger partial charge in [0.15, 0.2) is 5.13 Å². The molecule has 28 heavy (non-hydrogen) atoms. The topological polar surface area (TPSA) is 79.7 Å². The number of para-hydroxylation sites is 1. The number of nitrogens with zero attached hydrogens (tertiary/aromatic N) is 2. The average molecular weight is 396 g/mol. The van der Waals surface area contributed by atoms with Crippen LogP contribution in [0.3, 0.4) is 0 Å². The number of carbonyl (C=O) groups is 2. The van der Waals surface area contributed by atoms with Crippen LogP contribution in [0.2, 0.25) is 0 Å². The van der Waals surface area contributed by atoms with E-state index in [-0.39, 0.29) is 18.3 Å². The van der Waals surface area contributed by atoms with Crippen molar-refractivity contribution in [3.63, 3.8) is 0 Å². The highest BCUT2D eigenvalue weighted by Gasteiger charge is 2.21. The van der Waals surface area contributed by atoms with Gasteiger partial charge in [0, 0.05) is 12.3 Å². The number of thiazole rings is 1. The molecule has 0 aliphatic carbocycles. The lowest BCUT2D eigenvalue weighted by atomic mass is 10.1. The summed E-state index contributed by atoms with van der Waals surface area (Å²) >= 11 is 1.32. The molecule has 0 saturated carbocycles. The standard InChI is InChI=1S/C21H20N2O4S/c1-13-5-4-6-14(2)19(13)23(15(3)24)21-22-17(12-28-21)11-27-20(26)16-7-9-18(25)10-8-16/h4-10,12,25H,11H2,1-3H3. The highest BCUT2D eigenvalue weighted by molar-refractivity contribution is 7.14. The molecule has 1 aromatic heterocycles. The summed E-state index contributed by atoms with van der Waals surface area (Å²) in [5, 5.41) is 11.6. The molecule has 1 amide bonds. The third kappa shape index (κ3) is 4.20. The van der Waals surface area contributed by atoms with Gasteiger partial charge in [-0.05, 0) is 49.2 Å². The van der Waals surface area contributed by atoms with Crippen molar-refractivity contribution in [2.75, 3.05) is 4.90 Å². The van der Waals surface area contributed by atoms with E-state index in [4.69, 9.17) is 4.74 Å². The molecule has 6 nitrogen and oxygen atoms in total. The van der Waals surface area contributed by atoms with Crippen molar-refractivity contribution in [3.05, 3.63) is 70.2 Å². The van der Waals surface area contributed by atoms with E-state index in [2.05, 4.69) is 4.98 Å². The number of esters is 1. The van der Waals surface area contributed by atoms with Crippen molar-refractivity contribution in [2.45, 2.75) is 27.4 Å². The Morgan fingerprint density at radius 1 is 1.11 bits per heavy atom. The number of aromatic nitrogens is 1. The minimum absolute atomic E-state index is 0.00525. The van der Waals surface area contributed by atoms with Crippen molar-refractivity contribution in [1.82, 2.24) is 4.98 Å². The number of aryl methyl sites for hydroxylation is 2. The number of carbonyl (C=O) groups excluding carboxylic acids is 2. The van der Waals surface area contributed by atoms with Gasteiger partial charge < -0.3 is 9.84 Å². The maximum atomic E-state index is 12.3. The molecule has 0 aliphatic heterocycles. The van der Waals surface area contributed by atoms with Gasteiger partial charge in [-0.15, -0.1) is 11.3 Å². The summed E-state index contributed by atoms with van der Waals surface area (Å²) in [6.45, 7) is 5.39. The Bertz CT molecular complexity index is 991. The largest absolute Gasteiger partial charge is 0.508 e. The minimum atomic E-state index is -0.507. The fourth-order valence-corrected chi connectivity index (χ4v) is 3.69. The van der Waals surface area contributed by atoms with E-state index in [0.29, 0.717) is 16.4 Å². The van der Waals surface area contributed by atoms with Crippen LogP contribution in [0.4, 0.5) is 10.8 Å². The van der Waals surface area contributed by atoms with Crippen molar-refractivity contribution < 1.29 is 19.4 Å². The molecule has 7 heteroatoms. The van der Waals surface area contributed by atoms with Crippen LogP contribution in [0, 0.1) is 13.8 Å². The Kier molecular flexibility index (Phi) is 5.75. The summed E-state index contributed by atoms with van der Waals surface area (Å²) in [5.41, 5.74) is 3.67. The minimum Gasteiger partial charge on any atom is -0.508 e. The summed E-state index contributed by atoms with van der Waals surface area (Å²) in [5.74, 6) is -0.566. The molecule has 0 spiro atoms. The molecule has 0 saturated heterocycles. The molecule has 3 aromatic rings. The zero-order valence-corrected chi connectivity index (χ0v) is 16.6. The Hall–Kier alpha value is -3.19. The monoisotopic (exact) mass is 396 g/mol. The van der Waals surface area contributed by atoms with Gasteiger partial charge in [0.05, 0.1) is 16.9 Å². The van der Waals surface area contributed by atoms with Crippen LogP contribution >= 0.6 is 11.3 Å². The first kappa shape index (κ1) is 19.6. The molecule has 1 heterocycles. The number of aromatic hydroxyl groups is 1. The smallest absolute Gasteiger partial charge is 0.338 e. The fraction of sp³-hybridized carbons (Fsp3) is 0.190. The number of hydrogen-bond acceptors (Lipinski definition) is 6. The number of anilines is 2. The number of phenolic OH excluding ortho intramolecular Hbond substituents is 1. The summed E-state index contributed by atoms with van der Waals surface area (Å²) in [7, 11) is 0. The molecule has 0 unspecified atom stereocenters. The van der Waals surface area contributed by atoms with E-state index < -0.39 is 5.97 Å². The quantitative estimate of drug-likeness (QED) is 0.642. The van der Waals surface area contributed by atoms with Crippen LogP contribution in [0.15, 0.2) is 47.8 Å². The van der Waals surface area contributed by atoms with E-state index in [1.807, 2.05) is 32.0 Å². The summed E-state index contributed by atoms with van der Waals surface area (Å²) in [6.07, 6.45) is 0. The third-order valence-electron chi connectivity index (χ3n) is 4.16. The van der Waals surface area contributed by atoms with Crippen LogP contribution in [0.1, 0.15) is 34.1 Å². The van der Waals surface area contributed by atoms with E-state index in [1.165, 1.54) is 42.5 Å². The van der Waals surface area contributed by atoms with Crippen LogP contribution in [0.5, 0.6) is 5.75 Å². The van der Waals surface area contributed by atoms with Crippen molar-refractivity contribution in [2.24, 2.45) is 0 Å². The second-order valence-electron chi connectivity index (χ2n) is 6.34. The predicted molar refractivity (Wildman–Crippen MR) is 108 cm³/mol. The van der Waals surface area contributed by atoms with Crippen molar-refractivity contribution in [3.8, 4) is 5.75 Å². The lowest BCUT2D eigenvalue weighted by Crippen LogP contribution is -2.24. The Balaban J connectivity index is 1.77. The van der Waals surface area contributed by atoms with Crippen molar-refractivity contribution >= 4 is 34.0 Å². The number of amides is 1. The number of rotatable bonds is 5. The van der Waals surface area contributed by atoms with E-state index in [1.54, 1.807) is 10.3 Å². The summed E-state index contributed by atoms with van der Waals surface area (Å²) < 4.78 is 5.28. The molecule has 0 atom stereocenters. The van der Waals surface area contributed by atoms with Gasteiger partial charge in [-0.25, -0.2) is 9.78 Å². The van der Waals surface area contributed by atoms with E-state index in [9.17, 15) is 14.7 Å². The number of hydrogen-bond donors (Lipinski definition) is 1. The predicted octanol–water partition coefficient (Wildman–Crippen LogP) is 4.51.